The number of carbonyl (C=O) groups excluding carboxylic acids is 1. The molecule has 6 rings (SSSR count). The smallest absolute Gasteiger partial charge is 0.406 e. The van der Waals surface area contributed by atoms with Crippen molar-refractivity contribution in [3.8, 4) is 5.75 Å². The van der Waals surface area contributed by atoms with E-state index in [1.54, 1.807) is 13.8 Å². The van der Waals surface area contributed by atoms with E-state index in [1.807, 2.05) is 42.6 Å². The van der Waals surface area contributed by atoms with Crippen molar-refractivity contribution >= 4 is 17.1 Å². The number of carbonyl (C=O) groups is 1. The fourth-order valence-electron chi connectivity index (χ4n) is 5.52. The molecule has 2 aromatic carbocycles. The van der Waals surface area contributed by atoms with Crippen LogP contribution < -0.4 is 10.1 Å². The maximum Gasteiger partial charge on any atom is 0.412 e. The Balaban J connectivity index is 1.16. The number of aromatic amines is 1. The molecule has 1 amide bonds. The Labute approximate surface area is 239 Å². The van der Waals surface area contributed by atoms with Gasteiger partial charge in [0.25, 0.3) is 0 Å². The number of rotatable bonds is 8. The van der Waals surface area contributed by atoms with Crippen LogP contribution in [0.1, 0.15) is 58.5 Å². The lowest BCUT2D eigenvalue weighted by Crippen LogP contribution is -2.32. The van der Waals surface area contributed by atoms with Gasteiger partial charge in [-0.15, -0.1) is 0 Å². The van der Waals surface area contributed by atoms with Crippen LogP contribution in [0, 0.1) is 13.8 Å². The van der Waals surface area contributed by atoms with E-state index in [-0.39, 0.29) is 6.04 Å². The number of ether oxygens (including phenoxy) is 1. The first-order valence-corrected chi connectivity index (χ1v) is 14.0. The Hall–Kier alpha value is -4.63. The summed E-state index contributed by atoms with van der Waals surface area (Å²) in [5.74, 6) is 1.34. The minimum atomic E-state index is -0.532. The molecule has 5 aromatic rings. The summed E-state index contributed by atoms with van der Waals surface area (Å²) < 4.78 is 5.45. The van der Waals surface area contributed by atoms with Crippen molar-refractivity contribution in [3.05, 3.63) is 113 Å². The van der Waals surface area contributed by atoms with Gasteiger partial charge in [0.1, 0.15) is 12.2 Å². The minimum absolute atomic E-state index is 0.207. The third-order valence-electron chi connectivity index (χ3n) is 7.60. The van der Waals surface area contributed by atoms with Crippen LogP contribution in [-0.4, -0.2) is 35.9 Å². The molecule has 1 unspecified atom stereocenters. The molecule has 2 N–H and O–H groups in total. The van der Waals surface area contributed by atoms with E-state index in [0.717, 1.165) is 48.2 Å². The predicted octanol–water partition coefficient (Wildman–Crippen LogP) is 5.73. The molecule has 0 bridgehead atoms. The second-order valence-electron chi connectivity index (χ2n) is 10.5. The highest BCUT2D eigenvalue weighted by Crippen LogP contribution is 2.34. The van der Waals surface area contributed by atoms with Crippen molar-refractivity contribution < 1.29 is 9.53 Å². The van der Waals surface area contributed by atoms with Gasteiger partial charge in [0, 0.05) is 19.3 Å². The molecule has 0 saturated heterocycles. The highest BCUT2D eigenvalue weighted by molar-refractivity contribution is 5.74. The molecule has 1 aliphatic rings. The number of aromatic nitrogens is 5. The lowest BCUT2D eigenvalue weighted by molar-refractivity contribution is 0.153. The van der Waals surface area contributed by atoms with Gasteiger partial charge in [-0.3, -0.25) is 9.88 Å². The Kier molecular flexibility index (Phi) is 7.69. The van der Waals surface area contributed by atoms with Crippen molar-refractivity contribution in [2.45, 2.75) is 58.8 Å². The summed E-state index contributed by atoms with van der Waals surface area (Å²) in [6.45, 7) is 5.37. The first kappa shape index (κ1) is 26.6. The first-order chi connectivity index (χ1) is 20.0. The van der Waals surface area contributed by atoms with E-state index in [1.165, 1.54) is 23.1 Å². The number of amides is 1. The molecule has 1 atom stereocenters. The van der Waals surface area contributed by atoms with E-state index in [4.69, 9.17) is 14.7 Å². The number of H-pyrrole nitrogens is 1. The van der Waals surface area contributed by atoms with Crippen molar-refractivity contribution in [2.24, 2.45) is 0 Å². The van der Waals surface area contributed by atoms with Crippen LogP contribution >= 0.6 is 0 Å². The average Bonchev–Trinajstić information content (AvgIpc) is 3.41. The van der Waals surface area contributed by atoms with Gasteiger partial charge in [-0.05, 0) is 68.0 Å². The SMILES string of the molecule is Cc1ncnc(C)c1OC(=O)NCc1ccc(CN(Cc2nc3ccccc3[nH]2)C2CCCc3cccnc32)cc1. The number of aryl methyl sites for hydroxylation is 3. The fourth-order valence-corrected chi connectivity index (χ4v) is 5.52. The van der Waals surface area contributed by atoms with Crippen molar-refractivity contribution in [3.63, 3.8) is 0 Å². The standard InChI is InChI=1S/C32H33N7O2/c1-21-31(22(2)36-20-35-21)41-32(40)34-17-23-12-14-24(15-13-23)18-39(19-29-37-26-9-3-4-10-27(26)38-29)28-11-5-7-25-8-6-16-33-30(25)28/h3-4,6,8-10,12-16,20,28H,5,7,11,17-19H2,1-2H3,(H,34,40)(H,37,38). The molecule has 0 radical (unpaired) electrons. The van der Waals surface area contributed by atoms with E-state index < -0.39 is 6.09 Å². The second kappa shape index (κ2) is 11.9. The summed E-state index contributed by atoms with van der Waals surface area (Å²) in [5, 5.41) is 2.82. The topological polar surface area (TPSA) is 109 Å². The van der Waals surface area contributed by atoms with Crippen LogP contribution in [0.5, 0.6) is 5.75 Å². The van der Waals surface area contributed by atoms with Crippen LogP contribution in [0.3, 0.4) is 0 Å². The van der Waals surface area contributed by atoms with Crippen LogP contribution in [0.25, 0.3) is 11.0 Å². The van der Waals surface area contributed by atoms with E-state index in [2.05, 4.69) is 49.4 Å². The number of benzene rings is 2. The molecule has 1 aliphatic carbocycles. The maximum absolute atomic E-state index is 12.4. The largest absolute Gasteiger partial charge is 0.412 e. The zero-order valence-corrected chi connectivity index (χ0v) is 23.3. The average molecular weight is 548 g/mol. The van der Waals surface area contributed by atoms with Gasteiger partial charge in [-0.1, -0.05) is 42.5 Å². The normalized spacial score (nSPS) is 14.7. The quantitative estimate of drug-likeness (QED) is 0.255. The molecular formula is C32H33N7O2. The van der Waals surface area contributed by atoms with Gasteiger partial charge in [-0.25, -0.2) is 19.7 Å². The molecule has 0 fully saturated rings. The number of nitrogens with one attached hydrogen (secondary N) is 2. The number of hydrogen-bond donors (Lipinski definition) is 2. The first-order valence-electron chi connectivity index (χ1n) is 14.0. The molecule has 9 heteroatoms. The van der Waals surface area contributed by atoms with Gasteiger partial charge >= 0.3 is 6.09 Å². The summed E-state index contributed by atoms with van der Waals surface area (Å²) in [5.41, 5.74) is 7.94. The summed E-state index contributed by atoms with van der Waals surface area (Å²) in [6.07, 6.45) is 6.08. The van der Waals surface area contributed by atoms with Gasteiger partial charge in [0.15, 0.2) is 5.75 Å². The third kappa shape index (κ3) is 6.10. The van der Waals surface area contributed by atoms with Crippen LogP contribution in [0.15, 0.2) is 73.2 Å². The van der Waals surface area contributed by atoms with Gasteiger partial charge in [0.2, 0.25) is 0 Å². The van der Waals surface area contributed by atoms with Gasteiger partial charge in [-0.2, -0.15) is 0 Å². The Morgan fingerprint density at radius 1 is 0.976 bits per heavy atom. The van der Waals surface area contributed by atoms with Gasteiger partial charge in [0.05, 0.1) is 40.7 Å². The lowest BCUT2D eigenvalue weighted by atomic mass is 9.90. The van der Waals surface area contributed by atoms with Crippen molar-refractivity contribution in [2.75, 3.05) is 0 Å². The monoisotopic (exact) mass is 547 g/mol. The molecule has 3 aromatic heterocycles. The number of para-hydroxylation sites is 2. The van der Waals surface area contributed by atoms with E-state index in [9.17, 15) is 4.79 Å². The predicted molar refractivity (Wildman–Crippen MR) is 156 cm³/mol. The third-order valence-corrected chi connectivity index (χ3v) is 7.60. The highest BCUT2D eigenvalue weighted by atomic mass is 16.6. The summed E-state index contributed by atoms with van der Waals surface area (Å²) >= 11 is 0. The zero-order chi connectivity index (χ0) is 28.2. The molecule has 0 saturated carbocycles. The molecule has 0 spiro atoms. The van der Waals surface area contributed by atoms with Crippen molar-refractivity contribution in [1.82, 2.24) is 35.1 Å². The van der Waals surface area contributed by atoms with Gasteiger partial charge < -0.3 is 15.0 Å². The maximum atomic E-state index is 12.4. The van der Waals surface area contributed by atoms with Crippen LogP contribution in [0.2, 0.25) is 0 Å². The van der Waals surface area contributed by atoms with E-state index in [0.29, 0.717) is 30.2 Å². The molecule has 208 valence electrons. The Morgan fingerprint density at radius 2 is 1.76 bits per heavy atom. The second-order valence-corrected chi connectivity index (χ2v) is 10.5. The fraction of sp³-hybridized carbons (Fsp3) is 0.281. The molecule has 9 nitrogen and oxygen atoms in total. The summed E-state index contributed by atoms with van der Waals surface area (Å²) in [6, 6.07) is 20.9. The number of fused-ring (bicyclic) bond motifs is 2. The lowest BCUT2D eigenvalue weighted by Gasteiger charge is -2.34. The van der Waals surface area contributed by atoms with Crippen LogP contribution in [-0.2, 0) is 26.1 Å². The molecule has 0 aliphatic heterocycles. The van der Waals surface area contributed by atoms with Crippen LogP contribution in [0.4, 0.5) is 4.79 Å². The molecular weight excluding hydrogens is 514 g/mol. The Morgan fingerprint density at radius 3 is 2.56 bits per heavy atom. The Bertz CT molecular complexity index is 1610. The summed E-state index contributed by atoms with van der Waals surface area (Å²) in [4.78, 5) is 36.3. The molecule has 41 heavy (non-hydrogen) atoms. The summed E-state index contributed by atoms with van der Waals surface area (Å²) in [7, 11) is 0. The number of pyridine rings is 1. The van der Waals surface area contributed by atoms with Crippen molar-refractivity contribution in [1.29, 1.82) is 0 Å². The minimum Gasteiger partial charge on any atom is -0.406 e. The number of hydrogen-bond acceptors (Lipinski definition) is 7. The number of imidazole rings is 1. The zero-order valence-electron chi connectivity index (χ0n) is 23.3. The number of nitrogens with zero attached hydrogens (tertiary/aromatic N) is 5. The highest BCUT2D eigenvalue weighted by Gasteiger charge is 2.28. The van der Waals surface area contributed by atoms with E-state index >= 15 is 0 Å². The molecule has 3 heterocycles.